The Bertz CT molecular complexity index is 558. The first-order valence-electron chi connectivity index (χ1n) is 7.46. The van der Waals surface area contributed by atoms with E-state index in [-0.39, 0.29) is 0 Å². The zero-order valence-corrected chi connectivity index (χ0v) is 11.8. The van der Waals surface area contributed by atoms with E-state index in [1.54, 1.807) is 12.4 Å². The Hall–Kier alpha value is -1.46. The molecule has 1 saturated carbocycles. The van der Waals surface area contributed by atoms with Crippen LogP contribution < -0.4 is 5.32 Å². The van der Waals surface area contributed by atoms with E-state index < -0.39 is 5.60 Å². The zero-order chi connectivity index (χ0) is 13.8. The highest BCUT2D eigenvalue weighted by Crippen LogP contribution is 2.26. The summed E-state index contributed by atoms with van der Waals surface area (Å²) in [6.07, 6.45) is 13.9. The highest BCUT2D eigenvalue weighted by atomic mass is 16.3. The van der Waals surface area contributed by atoms with Gasteiger partial charge in [-0.1, -0.05) is 25.7 Å². The van der Waals surface area contributed by atoms with Crippen molar-refractivity contribution in [3.05, 3.63) is 30.5 Å². The number of rotatable bonds is 4. The maximum absolute atomic E-state index is 10.6. The first-order chi connectivity index (χ1) is 9.77. The SMILES string of the molecule is OC1(CNCc2cnc3cnccn23)CCCCCC1. The van der Waals surface area contributed by atoms with E-state index in [0.29, 0.717) is 13.1 Å². The van der Waals surface area contributed by atoms with Gasteiger partial charge in [-0.15, -0.1) is 0 Å². The normalized spacial score (nSPS) is 19.1. The van der Waals surface area contributed by atoms with E-state index in [9.17, 15) is 5.11 Å². The molecule has 0 bridgehead atoms. The van der Waals surface area contributed by atoms with Crippen LogP contribution in [0, 0.1) is 0 Å². The van der Waals surface area contributed by atoms with Crippen molar-refractivity contribution in [3.8, 4) is 0 Å². The summed E-state index contributed by atoms with van der Waals surface area (Å²) in [7, 11) is 0. The molecule has 2 aromatic rings. The van der Waals surface area contributed by atoms with E-state index in [0.717, 1.165) is 37.0 Å². The average molecular weight is 274 g/mol. The van der Waals surface area contributed by atoms with Gasteiger partial charge in [-0.05, 0) is 12.8 Å². The van der Waals surface area contributed by atoms with Crippen molar-refractivity contribution in [1.29, 1.82) is 0 Å². The summed E-state index contributed by atoms with van der Waals surface area (Å²) in [5.74, 6) is 0. The third-order valence-electron chi connectivity index (χ3n) is 4.19. The minimum atomic E-state index is -0.529. The smallest absolute Gasteiger partial charge is 0.155 e. The number of hydrogen-bond acceptors (Lipinski definition) is 4. The number of aliphatic hydroxyl groups is 1. The van der Waals surface area contributed by atoms with Crippen molar-refractivity contribution in [2.24, 2.45) is 0 Å². The van der Waals surface area contributed by atoms with Crippen LogP contribution >= 0.6 is 0 Å². The molecule has 0 aromatic carbocycles. The topological polar surface area (TPSA) is 62.5 Å². The molecular weight excluding hydrogens is 252 g/mol. The van der Waals surface area contributed by atoms with Crippen LogP contribution in [0.25, 0.3) is 5.65 Å². The fraction of sp³-hybridized carbons (Fsp3) is 0.600. The summed E-state index contributed by atoms with van der Waals surface area (Å²) in [5, 5.41) is 14.0. The van der Waals surface area contributed by atoms with Crippen LogP contribution in [0.4, 0.5) is 0 Å². The quantitative estimate of drug-likeness (QED) is 0.836. The lowest BCUT2D eigenvalue weighted by molar-refractivity contribution is 0.0249. The van der Waals surface area contributed by atoms with Crippen molar-refractivity contribution in [3.63, 3.8) is 0 Å². The molecule has 108 valence electrons. The van der Waals surface area contributed by atoms with Crippen molar-refractivity contribution < 1.29 is 5.11 Å². The van der Waals surface area contributed by atoms with Gasteiger partial charge >= 0.3 is 0 Å². The molecule has 0 atom stereocenters. The predicted octanol–water partition coefficient (Wildman–Crippen LogP) is 1.90. The lowest BCUT2D eigenvalue weighted by Crippen LogP contribution is -2.40. The second-order valence-corrected chi connectivity index (χ2v) is 5.80. The predicted molar refractivity (Wildman–Crippen MR) is 77.3 cm³/mol. The second kappa shape index (κ2) is 5.89. The molecule has 0 unspecified atom stereocenters. The summed E-state index contributed by atoms with van der Waals surface area (Å²) in [6.45, 7) is 1.37. The molecule has 1 aliphatic rings. The highest BCUT2D eigenvalue weighted by molar-refractivity contribution is 5.36. The van der Waals surface area contributed by atoms with Crippen LogP contribution in [-0.4, -0.2) is 31.6 Å². The lowest BCUT2D eigenvalue weighted by atomic mass is 9.94. The number of nitrogens with zero attached hydrogens (tertiary/aromatic N) is 3. The third kappa shape index (κ3) is 2.99. The van der Waals surface area contributed by atoms with Gasteiger partial charge in [0.1, 0.15) is 0 Å². The summed E-state index contributed by atoms with van der Waals surface area (Å²) in [5.41, 5.74) is 1.43. The van der Waals surface area contributed by atoms with Crippen LogP contribution in [0.1, 0.15) is 44.2 Å². The Morgan fingerprint density at radius 3 is 2.80 bits per heavy atom. The van der Waals surface area contributed by atoms with Crippen molar-refractivity contribution in [2.45, 2.75) is 50.7 Å². The van der Waals surface area contributed by atoms with E-state index in [4.69, 9.17) is 0 Å². The molecule has 3 rings (SSSR count). The number of aromatic nitrogens is 3. The molecule has 5 heteroatoms. The Kier molecular flexibility index (Phi) is 3.98. The second-order valence-electron chi connectivity index (χ2n) is 5.80. The Morgan fingerprint density at radius 1 is 1.20 bits per heavy atom. The molecule has 0 spiro atoms. The van der Waals surface area contributed by atoms with Crippen molar-refractivity contribution in [1.82, 2.24) is 19.7 Å². The van der Waals surface area contributed by atoms with Gasteiger partial charge in [-0.2, -0.15) is 0 Å². The fourth-order valence-corrected chi connectivity index (χ4v) is 3.01. The Labute approximate surface area is 119 Å². The maximum atomic E-state index is 10.6. The largest absolute Gasteiger partial charge is 0.389 e. The van der Waals surface area contributed by atoms with E-state index in [1.807, 2.05) is 16.8 Å². The van der Waals surface area contributed by atoms with Crippen LogP contribution in [0.15, 0.2) is 24.8 Å². The summed E-state index contributed by atoms with van der Waals surface area (Å²) in [6, 6.07) is 0. The fourth-order valence-electron chi connectivity index (χ4n) is 3.01. The van der Waals surface area contributed by atoms with E-state index >= 15 is 0 Å². The summed E-state index contributed by atoms with van der Waals surface area (Å²) < 4.78 is 2.02. The highest BCUT2D eigenvalue weighted by Gasteiger charge is 2.27. The molecule has 5 nitrogen and oxygen atoms in total. The first kappa shape index (κ1) is 13.5. The molecule has 0 saturated heterocycles. The number of fused-ring (bicyclic) bond motifs is 1. The number of nitrogens with one attached hydrogen (secondary N) is 1. The van der Waals surface area contributed by atoms with Crippen LogP contribution in [0.2, 0.25) is 0 Å². The first-order valence-corrected chi connectivity index (χ1v) is 7.46. The Morgan fingerprint density at radius 2 is 2.00 bits per heavy atom. The van der Waals surface area contributed by atoms with Gasteiger partial charge in [-0.3, -0.25) is 9.38 Å². The monoisotopic (exact) mass is 274 g/mol. The molecule has 1 fully saturated rings. The molecular formula is C15H22N4O. The van der Waals surface area contributed by atoms with Gasteiger partial charge < -0.3 is 10.4 Å². The van der Waals surface area contributed by atoms with Crippen LogP contribution in [0.5, 0.6) is 0 Å². The molecule has 1 aliphatic carbocycles. The van der Waals surface area contributed by atoms with Crippen LogP contribution in [-0.2, 0) is 6.54 Å². The van der Waals surface area contributed by atoms with Gasteiger partial charge in [0, 0.05) is 25.5 Å². The number of imidazole rings is 1. The van der Waals surface area contributed by atoms with E-state index in [2.05, 4.69) is 15.3 Å². The lowest BCUT2D eigenvalue weighted by Gasteiger charge is -2.26. The van der Waals surface area contributed by atoms with Crippen molar-refractivity contribution in [2.75, 3.05) is 6.54 Å². The average Bonchev–Trinajstić information content (AvgIpc) is 2.74. The number of hydrogen-bond donors (Lipinski definition) is 2. The van der Waals surface area contributed by atoms with Gasteiger partial charge in [-0.25, -0.2) is 4.98 Å². The minimum absolute atomic E-state index is 0.529. The summed E-state index contributed by atoms with van der Waals surface area (Å²) >= 11 is 0. The minimum Gasteiger partial charge on any atom is -0.389 e. The van der Waals surface area contributed by atoms with Gasteiger partial charge in [0.15, 0.2) is 5.65 Å². The van der Waals surface area contributed by atoms with E-state index in [1.165, 1.54) is 12.8 Å². The van der Waals surface area contributed by atoms with Gasteiger partial charge in [0.05, 0.1) is 23.7 Å². The molecule has 20 heavy (non-hydrogen) atoms. The molecule has 0 amide bonds. The zero-order valence-electron chi connectivity index (χ0n) is 11.8. The molecule has 2 aromatic heterocycles. The van der Waals surface area contributed by atoms with Crippen LogP contribution in [0.3, 0.4) is 0 Å². The molecule has 0 radical (unpaired) electrons. The maximum Gasteiger partial charge on any atom is 0.155 e. The Balaban J connectivity index is 1.59. The van der Waals surface area contributed by atoms with Gasteiger partial charge in [0.25, 0.3) is 0 Å². The standard InChI is InChI=1S/C15H22N4O/c20-15(5-3-1-2-4-6-15)12-17-9-13-10-18-14-11-16-7-8-19(13)14/h7-8,10-11,17,20H,1-6,9,12H2. The third-order valence-corrected chi connectivity index (χ3v) is 4.19. The molecule has 2 heterocycles. The molecule has 2 N–H and O–H groups in total. The molecule has 0 aliphatic heterocycles. The summed E-state index contributed by atoms with van der Waals surface area (Å²) in [4.78, 5) is 8.37. The van der Waals surface area contributed by atoms with Gasteiger partial charge in [0.2, 0.25) is 0 Å². The van der Waals surface area contributed by atoms with Crippen molar-refractivity contribution >= 4 is 5.65 Å².